The summed E-state index contributed by atoms with van der Waals surface area (Å²) in [6.45, 7) is 7.04. The summed E-state index contributed by atoms with van der Waals surface area (Å²) in [5, 5.41) is 0.637. The lowest BCUT2D eigenvalue weighted by Crippen LogP contribution is -2.04. The molecule has 0 saturated heterocycles. The molecule has 24 heavy (non-hydrogen) atoms. The van der Waals surface area contributed by atoms with Crippen molar-refractivity contribution in [1.29, 1.82) is 0 Å². The molecule has 1 heterocycles. The van der Waals surface area contributed by atoms with Crippen molar-refractivity contribution in [3.8, 4) is 5.75 Å². The number of esters is 1. The normalized spacial score (nSPS) is 10.9. The van der Waals surface area contributed by atoms with E-state index in [0.717, 1.165) is 17.7 Å². The van der Waals surface area contributed by atoms with Crippen molar-refractivity contribution in [2.24, 2.45) is 5.92 Å². The molecule has 0 aliphatic rings. The van der Waals surface area contributed by atoms with Gasteiger partial charge in [-0.3, -0.25) is 0 Å². The monoisotopic (exact) mass is 350 g/mol. The van der Waals surface area contributed by atoms with Crippen LogP contribution < -0.4 is 4.74 Å². The number of hydrogen-bond donors (Lipinski definition) is 0. The predicted molar refractivity (Wildman–Crippen MR) is 93.9 cm³/mol. The van der Waals surface area contributed by atoms with E-state index in [9.17, 15) is 4.79 Å². The average molecular weight is 351 g/mol. The van der Waals surface area contributed by atoms with E-state index in [1.54, 1.807) is 19.1 Å². The molecule has 0 amide bonds. The molecular weight excluding hydrogens is 328 g/mol. The Labute approximate surface area is 147 Å². The molecule has 0 radical (unpaired) electrons. The van der Waals surface area contributed by atoms with Crippen molar-refractivity contribution in [1.82, 2.24) is 0 Å². The lowest BCUT2D eigenvalue weighted by atomic mass is 10.1. The van der Waals surface area contributed by atoms with Gasteiger partial charge in [0.1, 0.15) is 11.5 Å². The zero-order valence-electron chi connectivity index (χ0n) is 14.3. The van der Waals surface area contributed by atoms with Gasteiger partial charge in [0, 0.05) is 17.0 Å². The first-order valence-corrected chi connectivity index (χ1v) is 8.54. The molecule has 0 unspecified atom stereocenters. The van der Waals surface area contributed by atoms with Crippen LogP contribution in [0, 0.1) is 5.92 Å². The molecule has 0 spiro atoms. The Bertz CT molecular complexity index is 676. The van der Waals surface area contributed by atoms with E-state index in [1.165, 1.54) is 0 Å². The van der Waals surface area contributed by atoms with Gasteiger partial charge >= 0.3 is 5.97 Å². The summed E-state index contributed by atoms with van der Waals surface area (Å²) in [4.78, 5) is 11.7. The van der Waals surface area contributed by atoms with Gasteiger partial charge in [0.2, 0.25) is 5.76 Å². The topological polar surface area (TPSA) is 48.7 Å². The highest BCUT2D eigenvalue weighted by Gasteiger charge is 2.14. The highest BCUT2D eigenvalue weighted by Crippen LogP contribution is 2.26. The molecule has 5 heteroatoms. The molecule has 0 saturated carbocycles. The van der Waals surface area contributed by atoms with Gasteiger partial charge in [0.25, 0.3) is 0 Å². The molecule has 2 rings (SSSR count). The highest BCUT2D eigenvalue weighted by molar-refractivity contribution is 6.30. The quantitative estimate of drug-likeness (QED) is 0.619. The van der Waals surface area contributed by atoms with E-state index < -0.39 is 5.97 Å². The lowest BCUT2D eigenvalue weighted by Gasteiger charge is -2.12. The van der Waals surface area contributed by atoms with Crippen molar-refractivity contribution in [3.05, 3.63) is 52.4 Å². The molecule has 1 aromatic heterocycles. The van der Waals surface area contributed by atoms with E-state index in [4.69, 9.17) is 25.5 Å². The van der Waals surface area contributed by atoms with Crippen LogP contribution in [0.4, 0.5) is 0 Å². The molecule has 130 valence electrons. The Morgan fingerprint density at radius 2 is 2.04 bits per heavy atom. The molecule has 0 fully saturated rings. The van der Waals surface area contributed by atoms with Crippen LogP contribution in [0.1, 0.15) is 49.1 Å². The summed E-state index contributed by atoms with van der Waals surface area (Å²) < 4.78 is 16.4. The minimum absolute atomic E-state index is 0.205. The number of benzene rings is 1. The summed E-state index contributed by atoms with van der Waals surface area (Å²) in [6.07, 6.45) is 1.48. The van der Waals surface area contributed by atoms with Crippen LogP contribution in [0.5, 0.6) is 5.75 Å². The standard InChI is InChI=1S/C19H23ClO4/c1-4-22-19(21)18-8-6-16(24-18)12-14-11-15(20)5-7-17(14)23-10-9-13(2)3/h5-8,11,13H,4,9-10,12H2,1-3H3. The number of hydrogen-bond acceptors (Lipinski definition) is 4. The van der Waals surface area contributed by atoms with E-state index in [0.29, 0.717) is 36.3 Å². The molecule has 0 aliphatic heterocycles. The fourth-order valence-electron chi connectivity index (χ4n) is 2.20. The summed E-state index contributed by atoms with van der Waals surface area (Å²) in [7, 11) is 0. The van der Waals surface area contributed by atoms with Gasteiger partial charge in [-0.15, -0.1) is 0 Å². The minimum atomic E-state index is -0.455. The van der Waals surface area contributed by atoms with Crippen LogP contribution in [-0.2, 0) is 11.2 Å². The maximum atomic E-state index is 11.7. The van der Waals surface area contributed by atoms with Gasteiger partial charge in [-0.05, 0) is 49.6 Å². The molecule has 0 aliphatic carbocycles. The van der Waals surface area contributed by atoms with Crippen LogP contribution in [-0.4, -0.2) is 19.2 Å². The van der Waals surface area contributed by atoms with E-state index in [1.807, 2.05) is 18.2 Å². The van der Waals surface area contributed by atoms with Gasteiger partial charge in [0.15, 0.2) is 0 Å². The van der Waals surface area contributed by atoms with Crippen molar-refractivity contribution in [2.45, 2.75) is 33.6 Å². The van der Waals surface area contributed by atoms with Crippen LogP contribution in [0.25, 0.3) is 0 Å². The van der Waals surface area contributed by atoms with Crippen LogP contribution in [0.3, 0.4) is 0 Å². The highest BCUT2D eigenvalue weighted by atomic mass is 35.5. The molecule has 4 nitrogen and oxygen atoms in total. The number of rotatable bonds is 8. The third kappa shape index (κ3) is 5.31. The second-order valence-corrected chi connectivity index (χ2v) is 6.38. The fraction of sp³-hybridized carbons (Fsp3) is 0.421. The molecule has 0 atom stereocenters. The minimum Gasteiger partial charge on any atom is -0.493 e. The van der Waals surface area contributed by atoms with E-state index in [-0.39, 0.29) is 5.76 Å². The van der Waals surface area contributed by atoms with Crippen molar-refractivity contribution in [2.75, 3.05) is 13.2 Å². The second-order valence-electron chi connectivity index (χ2n) is 5.95. The van der Waals surface area contributed by atoms with Crippen LogP contribution in [0.2, 0.25) is 5.02 Å². The Morgan fingerprint density at radius 3 is 2.75 bits per heavy atom. The van der Waals surface area contributed by atoms with Gasteiger partial charge in [-0.25, -0.2) is 4.79 Å². The Balaban J connectivity index is 2.10. The summed E-state index contributed by atoms with van der Waals surface area (Å²) in [6, 6.07) is 8.93. The number of furan rings is 1. The first kappa shape index (κ1) is 18.4. The number of halogens is 1. The number of carbonyl (C=O) groups is 1. The summed E-state index contributed by atoms with van der Waals surface area (Å²) >= 11 is 6.10. The third-order valence-corrected chi connectivity index (χ3v) is 3.71. The fourth-order valence-corrected chi connectivity index (χ4v) is 2.40. The van der Waals surface area contributed by atoms with Crippen molar-refractivity contribution in [3.63, 3.8) is 0 Å². The van der Waals surface area contributed by atoms with Crippen molar-refractivity contribution < 1.29 is 18.7 Å². The third-order valence-electron chi connectivity index (χ3n) is 3.48. The predicted octanol–water partition coefficient (Wildman–Crippen LogP) is 5.13. The zero-order chi connectivity index (χ0) is 17.5. The summed E-state index contributed by atoms with van der Waals surface area (Å²) in [5.41, 5.74) is 0.927. The van der Waals surface area contributed by atoms with Gasteiger partial charge < -0.3 is 13.9 Å². The molecule has 0 N–H and O–H groups in total. The maximum Gasteiger partial charge on any atom is 0.374 e. The Hall–Kier alpha value is -1.94. The molecule has 2 aromatic rings. The second kappa shape index (κ2) is 8.78. The number of ether oxygens (including phenoxy) is 2. The zero-order valence-corrected chi connectivity index (χ0v) is 15.1. The van der Waals surface area contributed by atoms with E-state index in [2.05, 4.69) is 13.8 Å². The largest absolute Gasteiger partial charge is 0.493 e. The summed E-state index contributed by atoms with van der Waals surface area (Å²) in [5.74, 6) is 1.78. The smallest absolute Gasteiger partial charge is 0.374 e. The number of carbonyl (C=O) groups excluding carboxylic acids is 1. The van der Waals surface area contributed by atoms with Gasteiger partial charge in [-0.1, -0.05) is 25.4 Å². The van der Waals surface area contributed by atoms with Crippen LogP contribution in [0.15, 0.2) is 34.7 Å². The van der Waals surface area contributed by atoms with Gasteiger partial charge in [-0.2, -0.15) is 0 Å². The first-order valence-electron chi connectivity index (χ1n) is 8.16. The first-order chi connectivity index (χ1) is 11.5. The van der Waals surface area contributed by atoms with Crippen LogP contribution >= 0.6 is 11.6 Å². The Morgan fingerprint density at radius 1 is 1.25 bits per heavy atom. The van der Waals surface area contributed by atoms with Crippen molar-refractivity contribution >= 4 is 17.6 Å². The average Bonchev–Trinajstić information content (AvgIpc) is 2.98. The maximum absolute atomic E-state index is 11.7. The van der Waals surface area contributed by atoms with E-state index >= 15 is 0 Å². The molecular formula is C19H23ClO4. The SMILES string of the molecule is CCOC(=O)c1ccc(Cc2cc(Cl)ccc2OCCC(C)C)o1. The Kier molecular flexibility index (Phi) is 6.73. The molecule has 0 bridgehead atoms. The molecule has 1 aromatic carbocycles. The lowest BCUT2D eigenvalue weighted by molar-refractivity contribution is 0.0488. The van der Waals surface area contributed by atoms with Gasteiger partial charge in [0.05, 0.1) is 13.2 Å².